The highest BCUT2D eigenvalue weighted by atomic mass is 15.2. The molecule has 0 saturated carbocycles. The van der Waals surface area contributed by atoms with Gasteiger partial charge in [0.05, 0.1) is 6.04 Å². The number of hydrogen-bond acceptors (Lipinski definition) is 4. The van der Waals surface area contributed by atoms with Crippen LogP contribution in [0.15, 0.2) is 173 Å². The zero-order chi connectivity index (χ0) is 31.9. The average molecular weight is 619 g/mol. The van der Waals surface area contributed by atoms with Crippen LogP contribution in [0, 0.1) is 0 Å². The monoisotopic (exact) mass is 618 g/mol. The second kappa shape index (κ2) is 12.0. The molecule has 4 heteroatoms. The fourth-order valence-electron chi connectivity index (χ4n) is 7.30. The number of allylic oxidation sites excluding steroid dienone is 4. The summed E-state index contributed by atoms with van der Waals surface area (Å²) in [5.74, 6) is 1.65. The van der Waals surface area contributed by atoms with E-state index in [0.29, 0.717) is 0 Å². The Kier molecular flexibility index (Phi) is 7.05. The first kappa shape index (κ1) is 28.2. The van der Waals surface area contributed by atoms with Crippen molar-refractivity contribution in [3.05, 3.63) is 197 Å². The summed E-state index contributed by atoms with van der Waals surface area (Å²) in [5, 5.41) is 9.95. The third-order valence-corrected chi connectivity index (χ3v) is 9.65. The lowest BCUT2D eigenvalue weighted by Gasteiger charge is -2.34. The molecule has 0 bridgehead atoms. The molecule has 1 unspecified atom stereocenters. The summed E-state index contributed by atoms with van der Waals surface area (Å²) in [6.07, 6.45) is 6.38. The van der Waals surface area contributed by atoms with E-state index in [1.54, 1.807) is 0 Å². The maximum Gasteiger partial charge on any atom is 0.169 e. The van der Waals surface area contributed by atoms with Gasteiger partial charge in [0.25, 0.3) is 0 Å². The minimum absolute atomic E-state index is 0.131. The third kappa shape index (κ3) is 5.03. The smallest absolute Gasteiger partial charge is 0.169 e. The fraction of sp³-hybridized carbons (Fsp3) is 0.0909. The molecule has 2 N–H and O–H groups in total. The van der Waals surface area contributed by atoms with Crippen molar-refractivity contribution in [3.63, 3.8) is 0 Å². The van der Waals surface area contributed by atoms with Crippen molar-refractivity contribution in [3.8, 4) is 11.1 Å². The van der Waals surface area contributed by atoms with Gasteiger partial charge in [-0.15, -0.1) is 0 Å². The van der Waals surface area contributed by atoms with Crippen LogP contribution in [-0.2, 0) is 0 Å². The van der Waals surface area contributed by atoms with E-state index in [4.69, 9.17) is 9.98 Å². The third-order valence-electron chi connectivity index (χ3n) is 9.65. The predicted octanol–water partition coefficient (Wildman–Crippen LogP) is 9.76. The van der Waals surface area contributed by atoms with Crippen LogP contribution in [0.3, 0.4) is 0 Å². The number of benzene rings is 6. The first-order valence-electron chi connectivity index (χ1n) is 16.7. The molecular weight excluding hydrogens is 585 g/mol. The maximum atomic E-state index is 5.07. The molecular formula is C44H34N4. The Hall–Kier alpha value is -6.00. The standard InChI is InChI=1S/C44H34N4/c1-4-13-30(14-5-1)41-38-28-27-35-34(20-12-21-36(35)40(38)37-19-10-11-22-39(37)45-41)29-23-25-33(26-24-29)44-47-42(31-15-6-2-7-16-31)46-43(48-44)32-17-8-3-9-18-32/h1-10,12-21,23-28,41,44-45H,11,22H2,(H,46,47,48). The molecule has 3 aliphatic rings. The van der Waals surface area contributed by atoms with Crippen molar-refractivity contribution in [2.45, 2.75) is 25.0 Å². The summed E-state index contributed by atoms with van der Waals surface area (Å²) >= 11 is 0. The Morgan fingerprint density at radius 1 is 0.542 bits per heavy atom. The second-order valence-electron chi connectivity index (χ2n) is 12.6. The average Bonchev–Trinajstić information content (AvgIpc) is 3.18. The SMILES string of the molecule is C1=CC2=C(CC1)NC(c1ccccc1)c1ccc3c(-c4ccc(C5N=C(c6ccccc6)NC(c6ccccc6)=N5)cc4)cccc3c12. The van der Waals surface area contributed by atoms with Gasteiger partial charge in [-0.1, -0.05) is 158 Å². The Balaban J connectivity index is 1.12. The van der Waals surface area contributed by atoms with Gasteiger partial charge in [-0.2, -0.15) is 0 Å². The van der Waals surface area contributed by atoms with Crippen molar-refractivity contribution in [1.82, 2.24) is 10.6 Å². The van der Waals surface area contributed by atoms with E-state index in [1.165, 1.54) is 49.9 Å². The molecule has 0 aromatic heterocycles. The van der Waals surface area contributed by atoms with Gasteiger partial charge in [0.1, 0.15) is 11.7 Å². The molecule has 2 aliphatic heterocycles. The summed E-state index contributed by atoms with van der Waals surface area (Å²) in [4.78, 5) is 10.1. The molecule has 4 nitrogen and oxygen atoms in total. The number of fused-ring (bicyclic) bond motifs is 4. The normalized spacial score (nSPS) is 17.1. The molecule has 6 aromatic carbocycles. The minimum atomic E-state index is -0.351. The first-order chi connectivity index (χ1) is 23.8. The van der Waals surface area contributed by atoms with Crippen LogP contribution in [-0.4, -0.2) is 11.7 Å². The van der Waals surface area contributed by atoms with Crippen molar-refractivity contribution in [2.75, 3.05) is 0 Å². The van der Waals surface area contributed by atoms with Crippen LogP contribution in [0.2, 0.25) is 0 Å². The van der Waals surface area contributed by atoms with Crippen LogP contribution >= 0.6 is 0 Å². The molecule has 9 rings (SSSR count). The topological polar surface area (TPSA) is 48.8 Å². The Bertz CT molecular complexity index is 2210. The molecule has 0 saturated heterocycles. The zero-order valence-electron chi connectivity index (χ0n) is 26.5. The van der Waals surface area contributed by atoms with Gasteiger partial charge >= 0.3 is 0 Å². The molecule has 0 spiro atoms. The minimum Gasteiger partial charge on any atom is -0.377 e. The molecule has 1 aliphatic carbocycles. The highest BCUT2D eigenvalue weighted by Crippen LogP contribution is 2.44. The lowest BCUT2D eigenvalue weighted by molar-refractivity contribution is 0.649. The van der Waals surface area contributed by atoms with Crippen LogP contribution < -0.4 is 10.6 Å². The summed E-state index contributed by atoms with van der Waals surface area (Å²) in [5.41, 5.74) is 12.2. The van der Waals surface area contributed by atoms with Crippen molar-refractivity contribution < 1.29 is 0 Å². The molecule has 230 valence electrons. The summed E-state index contributed by atoms with van der Waals surface area (Å²) in [6.45, 7) is 0. The van der Waals surface area contributed by atoms with E-state index in [2.05, 4.69) is 132 Å². The fourth-order valence-corrected chi connectivity index (χ4v) is 7.30. The van der Waals surface area contributed by atoms with Crippen molar-refractivity contribution >= 4 is 28.0 Å². The quantitative estimate of drug-likeness (QED) is 0.202. The van der Waals surface area contributed by atoms with Crippen LogP contribution in [0.5, 0.6) is 0 Å². The van der Waals surface area contributed by atoms with E-state index in [9.17, 15) is 0 Å². The predicted molar refractivity (Wildman–Crippen MR) is 198 cm³/mol. The summed E-state index contributed by atoms with van der Waals surface area (Å²) in [7, 11) is 0. The van der Waals surface area contributed by atoms with Crippen LogP contribution in [0.4, 0.5) is 0 Å². The van der Waals surface area contributed by atoms with Crippen molar-refractivity contribution in [1.29, 1.82) is 0 Å². The molecule has 0 fully saturated rings. The lowest BCUT2D eigenvalue weighted by atomic mass is 9.80. The number of hydrogen-bond donors (Lipinski definition) is 2. The van der Waals surface area contributed by atoms with Gasteiger partial charge < -0.3 is 10.6 Å². The lowest BCUT2D eigenvalue weighted by Crippen LogP contribution is -2.35. The Labute approximate surface area is 280 Å². The van der Waals surface area contributed by atoms with Gasteiger partial charge in [0.15, 0.2) is 6.17 Å². The van der Waals surface area contributed by atoms with E-state index < -0.39 is 0 Å². The summed E-state index contributed by atoms with van der Waals surface area (Å²) < 4.78 is 0. The molecule has 1 atom stereocenters. The second-order valence-corrected chi connectivity index (χ2v) is 12.6. The number of rotatable bonds is 5. The highest BCUT2D eigenvalue weighted by molar-refractivity contribution is 6.16. The van der Waals surface area contributed by atoms with Gasteiger partial charge in [-0.3, -0.25) is 0 Å². The first-order valence-corrected chi connectivity index (χ1v) is 16.7. The molecule has 48 heavy (non-hydrogen) atoms. The number of amidine groups is 2. The molecule has 6 aromatic rings. The summed E-state index contributed by atoms with van der Waals surface area (Å²) in [6, 6.07) is 51.7. The van der Waals surface area contributed by atoms with E-state index in [1.807, 2.05) is 36.4 Å². The van der Waals surface area contributed by atoms with Gasteiger partial charge in [0.2, 0.25) is 0 Å². The number of nitrogens with zero attached hydrogens (tertiary/aromatic N) is 2. The number of nitrogens with one attached hydrogen (secondary N) is 2. The van der Waals surface area contributed by atoms with Gasteiger partial charge in [-0.25, -0.2) is 9.98 Å². The molecule has 0 amide bonds. The maximum absolute atomic E-state index is 5.07. The largest absolute Gasteiger partial charge is 0.377 e. The van der Waals surface area contributed by atoms with E-state index >= 15 is 0 Å². The van der Waals surface area contributed by atoms with E-state index in [0.717, 1.165) is 41.2 Å². The van der Waals surface area contributed by atoms with Crippen LogP contribution in [0.1, 0.15) is 58.4 Å². The zero-order valence-corrected chi connectivity index (χ0v) is 26.5. The Morgan fingerprint density at radius 3 is 1.90 bits per heavy atom. The van der Waals surface area contributed by atoms with Crippen molar-refractivity contribution in [2.24, 2.45) is 9.98 Å². The Morgan fingerprint density at radius 2 is 1.21 bits per heavy atom. The molecule has 0 radical (unpaired) electrons. The molecule has 2 heterocycles. The van der Waals surface area contributed by atoms with E-state index in [-0.39, 0.29) is 12.2 Å². The number of aliphatic imine (C=N–C) groups is 2. The van der Waals surface area contributed by atoms with Crippen LogP contribution in [0.25, 0.3) is 27.5 Å². The van der Waals surface area contributed by atoms with Gasteiger partial charge in [-0.05, 0) is 57.0 Å². The highest BCUT2D eigenvalue weighted by Gasteiger charge is 2.29. The van der Waals surface area contributed by atoms with Gasteiger partial charge in [0, 0.05) is 22.4 Å².